The first-order chi connectivity index (χ1) is 17.7. The molecule has 192 valence electrons. The number of nitrogens with zero attached hydrogens (tertiary/aromatic N) is 3. The Balaban J connectivity index is 1.57. The van der Waals surface area contributed by atoms with Crippen LogP contribution in [-0.4, -0.2) is 54.1 Å². The lowest BCUT2D eigenvalue weighted by molar-refractivity contribution is -0.384. The van der Waals surface area contributed by atoms with Gasteiger partial charge in [-0.3, -0.25) is 29.3 Å². The zero-order valence-electron chi connectivity index (χ0n) is 19.7. The second-order valence-corrected chi connectivity index (χ2v) is 11.7. The van der Waals surface area contributed by atoms with Crippen molar-refractivity contribution in [3.05, 3.63) is 75.8 Å². The Labute approximate surface area is 229 Å². The number of nitro benzene ring substituents is 1. The summed E-state index contributed by atoms with van der Waals surface area (Å²) in [6.07, 6.45) is 0.872. The molecule has 0 aromatic heterocycles. The van der Waals surface area contributed by atoms with Crippen LogP contribution in [0.15, 0.2) is 54.6 Å². The van der Waals surface area contributed by atoms with Crippen LogP contribution in [0.25, 0.3) is 0 Å². The average Bonchev–Trinajstić information content (AvgIpc) is 3.52. The number of nitro groups is 1. The summed E-state index contributed by atoms with van der Waals surface area (Å²) in [7, 11) is 0. The molecule has 0 unspecified atom stereocenters. The van der Waals surface area contributed by atoms with Gasteiger partial charge in [-0.15, -0.1) is 0 Å². The zero-order valence-corrected chi connectivity index (χ0v) is 22.9. The molecule has 1 heterocycles. The van der Waals surface area contributed by atoms with Gasteiger partial charge in [0.2, 0.25) is 0 Å². The van der Waals surface area contributed by atoms with E-state index in [0.717, 1.165) is 16.4 Å². The van der Waals surface area contributed by atoms with Gasteiger partial charge in [-0.1, -0.05) is 69.1 Å². The first-order valence-electron chi connectivity index (χ1n) is 12.0. The van der Waals surface area contributed by atoms with Crippen LogP contribution in [0.4, 0.5) is 5.69 Å². The van der Waals surface area contributed by atoms with Crippen molar-refractivity contribution in [2.24, 2.45) is 23.7 Å². The van der Waals surface area contributed by atoms with Crippen molar-refractivity contribution in [3.8, 4) is 0 Å². The number of fused-ring (bicyclic) bond motifs is 5. The van der Waals surface area contributed by atoms with E-state index >= 15 is 0 Å². The Kier molecular flexibility index (Phi) is 6.78. The number of rotatable bonds is 7. The topological polar surface area (TPSA) is 118 Å². The van der Waals surface area contributed by atoms with Crippen molar-refractivity contribution in [2.45, 2.75) is 35.5 Å². The highest BCUT2D eigenvalue weighted by Gasteiger charge is 2.68. The molecule has 5 rings (SSSR count). The molecule has 11 heteroatoms. The Hall–Kier alpha value is -2.92. The molecule has 0 N–H and O–H groups in total. The number of hydrazine groups is 1. The van der Waals surface area contributed by atoms with Gasteiger partial charge in [0.1, 0.15) is 6.04 Å². The molecule has 2 aromatic carbocycles. The highest BCUT2D eigenvalue weighted by Crippen LogP contribution is 2.60. The number of non-ortho nitro benzene ring substituents is 1. The Morgan fingerprint density at radius 3 is 2.00 bits per heavy atom. The van der Waals surface area contributed by atoms with Crippen LogP contribution < -0.4 is 0 Å². The molecule has 1 saturated heterocycles. The van der Waals surface area contributed by atoms with Crippen LogP contribution in [0.5, 0.6) is 0 Å². The molecule has 37 heavy (non-hydrogen) atoms. The van der Waals surface area contributed by atoms with Crippen LogP contribution in [0.3, 0.4) is 0 Å². The molecule has 0 spiro atoms. The van der Waals surface area contributed by atoms with Crippen LogP contribution >= 0.6 is 31.9 Å². The average molecular weight is 633 g/mol. The van der Waals surface area contributed by atoms with E-state index in [1.807, 2.05) is 0 Å². The van der Waals surface area contributed by atoms with Gasteiger partial charge in [0.15, 0.2) is 5.78 Å². The molecule has 2 aliphatic carbocycles. The lowest BCUT2D eigenvalue weighted by atomic mass is 9.81. The van der Waals surface area contributed by atoms with E-state index in [2.05, 4.69) is 31.9 Å². The molecule has 2 saturated carbocycles. The number of hydrogen-bond donors (Lipinski definition) is 0. The molecule has 2 aromatic rings. The van der Waals surface area contributed by atoms with E-state index in [1.54, 1.807) is 37.3 Å². The Morgan fingerprint density at radius 2 is 1.51 bits per heavy atom. The number of amides is 3. The molecule has 3 fully saturated rings. The SMILES string of the molecule is CC[C@H](C(=O)c1ccccc1)N(C(=O)c1ccc([N+](=O)[O-])cc1)N1C(=O)[C@@H]2[C@H]3C[C@@H]([C@H](Br)[C@@H]3Br)[C@@H]2C1=O. The first kappa shape index (κ1) is 25.7. The summed E-state index contributed by atoms with van der Waals surface area (Å²) in [6.45, 7) is 1.71. The van der Waals surface area contributed by atoms with Gasteiger partial charge >= 0.3 is 0 Å². The minimum atomic E-state index is -1.13. The third kappa shape index (κ3) is 4.03. The van der Waals surface area contributed by atoms with Crippen molar-refractivity contribution in [1.29, 1.82) is 0 Å². The van der Waals surface area contributed by atoms with Crippen molar-refractivity contribution < 1.29 is 24.1 Å². The smallest absolute Gasteiger partial charge is 0.273 e. The van der Waals surface area contributed by atoms with Crippen LogP contribution in [0.2, 0.25) is 0 Å². The van der Waals surface area contributed by atoms with Crippen molar-refractivity contribution in [1.82, 2.24) is 10.0 Å². The summed E-state index contributed by atoms with van der Waals surface area (Å²) >= 11 is 7.33. The minimum Gasteiger partial charge on any atom is -0.292 e. The quantitative estimate of drug-likeness (QED) is 0.147. The summed E-state index contributed by atoms with van der Waals surface area (Å²) in [5.74, 6) is -3.41. The summed E-state index contributed by atoms with van der Waals surface area (Å²) in [5.41, 5.74) is 0.167. The van der Waals surface area contributed by atoms with Gasteiger partial charge in [-0.25, -0.2) is 5.01 Å². The van der Waals surface area contributed by atoms with Crippen LogP contribution in [-0.2, 0) is 9.59 Å². The van der Waals surface area contributed by atoms with Crippen molar-refractivity contribution in [3.63, 3.8) is 0 Å². The molecule has 0 radical (unpaired) electrons. The molecule has 3 aliphatic rings. The molecule has 3 amide bonds. The van der Waals surface area contributed by atoms with E-state index in [-0.39, 0.29) is 39.2 Å². The lowest BCUT2D eigenvalue weighted by Crippen LogP contribution is -2.57. The maximum absolute atomic E-state index is 13.9. The van der Waals surface area contributed by atoms with Crippen molar-refractivity contribution >= 4 is 61.1 Å². The predicted octanol–water partition coefficient (Wildman–Crippen LogP) is 4.39. The Bertz CT molecular complexity index is 1250. The highest BCUT2D eigenvalue weighted by atomic mass is 79.9. The normalized spacial score (nSPS) is 28.8. The van der Waals surface area contributed by atoms with Gasteiger partial charge in [0.25, 0.3) is 23.4 Å². The van der Waals surface area contributed by atoms with Gasteiger partial charge in [-0.2, -0.15) is 5.01 Å². The molecule has 7 atom stereocenters. The number of halogens is 2. The number of imide groups is 1. The molecule has 1 aliphatic heterocycles. The van der Waals surface area contributed by atoms with Gasteiger partial charge in [0.05, 0.1) is 16.8 Å². The number of ketones is 1. The number of carbonyl (C=O) groups excluding carboxylic acids is 4. The largest absolute Gasteiger partial charge is 0.292 e. The van der Waals surface area contributed by atoms with Gasteiger partial charge in [0, 0.05) is 32.9 Å². The first-order valence-corrected chi connectivity index (χ1v) is 13.8. The minimum absolute atomic E-state index is 0.0159. The maximum atomic E-state index is 13.9. The van der Waals surface area contributed by atoms with Gasteiger partial charge in [-0.05, 0) is 36.8 Å². The van der Waals surface area contributed by atoms with Gasteiger partial charge < -0.3 is 0 Å². The summed E-state index contributed by atoms with van der Waals surface area (Å²) in [4.78, 5) is 65.7. The number of Topliss-reactive ketones (excluding diaryl/α,β-unsaturated/α-hetero) is 1. The standard InChI is InChI=1S/C26H23Br2N3O6/c1-2-18(23(32)13-6-4-3-5-7-13)29(24(33)14-8-10-15(11-9-14)31(36)37)30-25(34)19-16-12-17(20(19)26(30)35)22(28)21(16)27/h3-11,16-22H,2,12H2,1H3/t16-,17-,18-,19-,20+,21-,22+/m1/s1. The maximum Gasteiger partial charge on any atom is 0.273 e. The second kappa shape index (κ2) is 9.75. The van der Waals surface area contributed by atoms with E-state index in [0.29, 0.717) is 5.56 Å². The third-order valence-electron chi connectivity index (χ3n) is 7.76. The monoisotopic (exact) mass is 631 g/mol. The fraction of sp³-hybridized carbons (Fsp3) is 0.385. The van der Waals surface area contributed by atoms with E-state index < -0.39 is 46.3 Å². The fourth-order valence-corrected chi connectivity index (χ4v) is 7.91. The highest BCUT2D eigenvalue weighted by molar-refractivity contribution is 9.12. The van der Waals surface area contributed by atoms with E-state index in [4.69, 9.17) is 0 Å². The molecular weight excluding hydrogens is 610 g/mol. The number of hydrogen-bond acceptors (Lipinski definition) is 6. The summed E-state index contributed by atoms with van der Waals surface area (Å²) in [6, 6.07) is 12.2. The second-order valence-electron chi connectivity index (χ2n) is 9.60. The number of benzene rings is 2. The fourth-order valence-electron chi connectivity index (χ4n) is 6.04. The van der Waals surface area contributed by atoms with E-state index in [9.17, 15) is 29.3 Å². The predicted molar refractivity (Wildman–Crippen MR) is 140 cm³/mol. The lowest BCUT2D eigenvalue weighted by Gasteiger charge is -2.36. The number of carbonyl (C=O) groups is 4. The molecule has 2 bridgehead atoms. The third-order valence-corrected chi connectivity index (χ3v) is 11.0. The zero-order chi connectivity index (χ0) is 26.6. The van der Waals surface area contributed by atoms with Crippen LogP contribution in [0, 0.1) is 33.8 Å². The number of alkyl halides is 2. The van der Waals surface area contributed by atoms with Crippen molar-refractivity contribution in [2.75, 3.05) is 0 Å². The molecular formula is C26H23Br2N3O6. The Morgan fingerprint density at radius 1 is 0.973 bits per heavy atom. The van der Waals surface area contributed by atoms with E-state index in [1.165, 1.54) is 24.3 Å². The molecule has 9 nitrogen and oxygen atoms in total. The summed E-state index contributed by atoms with van der Waals surface area (Å²) in [5, 5.41) is 13.0. The summed E-state index contributed by atoms with van der Waals surface area (Å²) < 4.78 is 0. The van der Waals surface area contributed by atoms with Crippen LogP contribution in [0.1, 0.15) is 40.5 Å².